The first-order valence-electron chi connectivity index (χ1n) is 9.29. The maximum atomic E-state index is 13.2. The predicted octanol–water partition coefficient (Wildman–Crippen LogP) is 2.51. The summed E-state index contributed by atoms with van der Waals surface area (Å²) in [6.45, 7) is 3.23. The van der Waals surface area contributed by atoms with Gasteiger partial charge in [-0.2, -0.15) is 0 Å². The number of fused-ring (bicyclic) bond motifs is 1. The molecule has 0 aliphatic rings. The molecule has 1 heterocycles. The molecule has 154 valence electrons. The predicted molar refractivity (Wildman–Crippen MR) is 112 cm³/mol. The highest BCUT2D eigenvalue weighted by Gasteiger charge is 2.17. The molecule has 1 aromatic heterocycles. The van der Waals surface area contributed by atoms with Crippen LogP contribution in [0.3, 0.4) is 0 Å². The minimum absolute atomic E-state index is 0.197. The summed E-state index contributed by atoms with van der Waals surface area (Å²) in [6, 6.07) is 11.6. The largest absolute Gasteiger partial charge is 0.465 e. The lowest BCUT2D eigenvalue weighted by Gasteiger charge is -2.16. The third kappa shape index (κ3) is 4.38. The van der Waals surface area contributed by atoms with Gasteiger partial charge >= 0.3 is 6.09 Å². The van der Waals surface area contributed by atoms with Crippen LogP contribution in [0.1, 0.15) is 40.0 Å². The molecule has 30 heavy (non-hydrogen) atoms. The van der Waals surface area contributed by atoms with Crippen molar-refractivity contribution in [2.24, 2.45) is 0 Å². The third-order valence-electron chi connectivity index (χ3n) is 4.83. The molecule has 0 bridgehead atoms. The lowest BCUT2D eigenvalue weighted by Crippen LogP contribution is -2.37. The number of benzene rings is 2. The van der Waals surface area contributed by atoms with Crippen molar-refractivity contribution in [2.45, 2.75) is 19.9 Å². The Morgan fingerprint density at radius 2 is 1.83 bits per heavy atom. The molecule has 4 N–H and O–H groups in total. The van der Waals surface area contributed by atoms with Gasteiger partial charge < -0.3 is 20.7 Å². The van der Waals surface area contributed by atoms with E-state index in [1.54, 1.807) is 56.3 Å². The Balaban J connectivity index is 1.85. The molecule has 1 atom stereocenters. The van der Waals surface area contributed by atoms with Crippen LogP contribution in [0.2, 0.25) is 0 Å². The number of pyridine rings is 1. The van der Waals surface area contributed by atoms with Crippen LogP contribution in [-0.2, 0) is 4.79 Å². The molecular weight excluding hydrogens is 386 g/mol. The summed E-state index contributed by atoms with van der Waals surface area (Å²) in [5.74, 6) is -0.652. The molecule has 3 aromatic rings. The number of carboxylic acid groups (broad SMARTS) is 1. The van der Waals surface area contributed by atoms with Gasteiger partial charge in [0.2, 0.25) is 5.91 Å². The van der Waals surface area contributed by atoms with Crippen LogP contribution in [0.4, 0.5) is 4.79 Å². The number of carbonyl (C=O) groups excluding carboxylic acids is 2. The van der Waals surface area contributed by atoms with Crippen molar-refractivity contribution in [2.75, 3.05) is 6.54 Å². The molecule has 0 fully saturated rings. The van der Waals surface area contributed by atoms with Crippen LogP contribution in [0.5, 0.6) is 0 Å². The molecule has 0 radical (unpaired) electrons. The van der Waals surface area contributed by atoms with E-state index in [-0.39, 0.29) is 23.9 Å². The first-order chi connectivity index (χ1) is 14.3. The number of H-pyrrole nitrogens is 1. The minimum Gasteiger partial charge on any atom is -0.465 e. The summed E-state index contributed by atoms with van der Waals surface area (Å²) < 4.78 is 0. The van der Waals surface area contributed by atoms with Crippen molar-refractivity contribution in [3.8, 4) is 0 Å². The van der Waals surface area contributed by atoms with Crippen LogP contribution in [0.25, 0.3) is 10.8 Å². The van der Waals surface area contributed by atoms with Gasteiger partial charge in [-0.3, -0.25) is 14.4 Å². The Morgan fingerprint density at radius 1 is 1.07 bits per heavy atom. The monoisotopic (exact) mass is 407 g/mol. The molecule has 0 aliphatic carbocycles. The van der Waals surface area contributed by atoms with Crippen LogP contribution >= 0.6 is 0 Å². The molecule has 8 heteroatoms. The number of amides is 2. The van der Waals surface area contributed by atoms with E-state index in [1.165, 1.54) is 6.20 Å². The van der Waals surface area contributed by atoms with E-state index < -0.39 is 12.0 Å². The highest BCUT2D eigenvalue weighted by Crippen LogP contribution is 2.23. The Bertz CT molecular complexity index is 1200. The number of aryl methyl sites for hydroxylation is 1. The van der Waals surface area contributed by atoms with Gasteiger partial charge in [-0.05, 0) is 42.5 Å². The second-order valence-electron chi connectivity index (χ2n) is 6.92. The Labute approximate surface area is 171 Å². The topological polar surface area (TPSA) is 128 Å². The second-order valence-corrected chi connectivity index (χ2v) is 6.92. The fourth-order valence-corrected chi connectivity index (χ4v) is 3.31. The normalized spacial score (nSPS) is 11.7. The summed E-state index contributed by atoms with van der Waals surface area (Å²) in [5, 5.41) is 14.3. The van der Waals surface area contributed by atoms with Gasteiger partial charge in [0.05, 0.1) is 6.04 Å². The number of nitrogens with one attached hydrogen (secondary N) is 3. The van der Waals surface area contributed by atoms with E-state index in [0.29, 0.717) is 21.9 Å². The number of hydrogen-bond acceptors (Lipinski definition) is 4. The first kappa shape index (κ1) is 20.8. The highest BCUT2D eigenvalue weighted by molar-refractivity contribution is 6.16. The highest BCUT2D eigenvalue weighted by atomic mass is 16.4. The molecular formula is C22H21N3O5. The Hall–Kier alpha value is -3.94. The van der Waals surface area contributed by atoms with Gasteiger partial charge in [0, 0.05) is 22.7 Å². The summed E-state index contributed by atoms with van der Waals surface area (Å²) >= 11 is 0. The molecule has 0 spiro atoms. The molecule has 2 amide bonds. The van der Waals surface area contributed by atoms with Crippen molar-refractivity contribution >= 4 is 28.6 Å². The van der Waals surface area contributed by atoms with Gasteiger partial charge in [0.15, 0.2) is 5.78 Å². The fourth-order valence-electron chi connectivity index (χ4n) is 3.31. The molecule has 3 rings (SSSR count). The van der Waals surface area contributed by atoms with Gasteiger partial charge in [-0.25, -0.2) is 4.79 Å². The number of ketones is 1. The number of aromatic amines is 1. The van der Waals surface area contributed by atoms with Crippen LogP contribution < -0.4 is 16.2 Å². The average molecular weight is 407 g/mol. The lowest BCUT2D eigenvalue weighted by atomic mass is 9.93. The Morgan fingerprint density at radius 3 is 2.53 bits per heavy atom. The van der Waals surface area contributed by atoms with Crippen molar-refractivity contribution in [3.05, 3.63) is 81.3 Å². The van der Waals surface area contributed by atoms with Gasteiger partial charge in [0.1, 0.15) is 6.54 Å². The number of rotatable bonds is 6. The van der Waals surface area contributed by atoms with E-state index in [0.717, 1.165) is 11.1 Å². The lowest BCUT2D eigenvalue weighted by molar-refractivity contribution is -0.120. The standard InChI is InChI=1S/C22H21N3O5/c1-12-10-14(13(2)25-19(26)11-24-22(29)30)6-7-15(12)20(27)17-4-3-5-18-16(17)8-9-23-21(18)28/h3-10,13,24H,11H2,1-2H3,(H,23,28)(H,25,26)(H,29,30)/t13-/m0/s1. The third-order valence-corrected chi connectivity index (χ3v) is 4.83. The van der Waals surface area contributed by atoms with Gasteiger partial charge in [-0.15, -0.1) is 0 Å². The summed E-state index contributed by atoms with van der Waals surface area (Å²) in [6.07, 6.45) is 0.244. The second kappa shape index (κ2) is 8.60. The van der Waals surface area contributed by atoms with Gasteiger partial charge in [-0.1, -0.05) is 30.3 Å². The van der Waals surface area contributed by atoms with Crippen molar-refractivity contribution < 1.29 is 19.5 Å². The molecule has 0 aliphatic heterocycles. The van der Waals surface area contributed by atoms with Crippen LogP contribution in [0.15, 0.2) is 53.5 Å². The summed E-state index contributed by atoms with van der Waals surface area (Å²) in [5.41, 5.74) is 2.19. The Kier molecular flexibility index (Phi) is 5.96. The van der Waals surface area contributed by atoms with Gasteiger partial charge in [0.25, 0.3) is 5.56 Å². The zero-order valence-electron chi connectivity index (χ0n) is 16.5. The number of aromatic nitrogens is 1. The van der Waals surface area contributed by atoms with E-state index in [1.807, 2.05) is 5.32 Å². The van der Waals surface area contributed by atoms with Crippen molar-refractivity contribution in [1.82, 2.24) is 15.6 Å². The van der Waals surface area contributed by atoms with Crippen LogP contribution in [0, 0.1) is 6.92 Å². The summed E-state index contributed by atoms with van der Waals surface area (Å²) in [7, 11) is 0. The SMILES string of the molecule is Cc1cc([C@H](C)NC(=O)CNC(=O)O)ccc1C(=O)c1cccc2c(=O)[nH]ccc12. The maximum absolute atomic E-state index is 13.2. The first-order valence-corrected chi connectivity index (χ1v) is 9.29. The van der Waals surface area contributed by atoms with E-state index >= 15 is 0 Å². The molecule has 8 nitrogen and oxygen atoms in total. The zero-order valence-corrected chi connectivity index (χ0v) is 16.5. The smallest absolute Gasteiger partial charge is 0.405 e. The van der Waals surface area contributed by atoms with Crippen molar-refractivity contribution in [3.63, 3.8) is 0 Å². The zero-order chi connectivity index (χ0) is 21.8. The summed E-state index contributed by atoms with van der Waals surface area (Å²) in [4.78, 5) is 50.1. The number of carbonyl (C=O) groups is 3. The van der Waals surface area contributed by atoms with E-state index in [9.17, 15) is 19.2 Å². The molecule has 2 aromatic carbocycles. The maximum Gasteiger partial charge on any atom is 0.405 e. The average Bonchev–Trinajstić information content (AvgIpc) is 2.71. The van der Waals surface area contributed by atoms with E-state index in [2.05, 4.69) is 10.3 Å². The molecule has 0 saturated heterocycles. The van der Waals surface area contributed by atoms with E-state index in [4.69, 9.17) is 5.11 Å². The minimum atomic E-state index is -1.27. The quantitative estimate of drug-likeness (QED) is 0.467. The fraction of sp³-hybridized carbons (Fsp3) is 0.182. The number of hydrogen-bond donors (Lipinski definition) is 4. The van der Waals surface area contributed by atoms with Crippen LogP contribution in [-0.4, -0.2) is 34.4 Å². The molecule has 0 saturated carbocycles. The van der Waals surface area contributed by atoms with Crippen molar-refractivity contribution in [1.29, 1.82) is 0 Å². The molecule has 0 unspecified atom stereocenters.